The normalized spacial score (nSPS) is 11.9. The Morgan fingerprint density at radius 3 is 2.52 bits per heavy atom. The molecule has 0 aliphatic rings. The molecule has 0 spiro atoms. The number of nitrogens with zero attached hydrogens (tertiary/aromatic N) is 8. The molecule has 170 valence electrons. The van der Waals surface area contributed by atoms with E-state index in [9.17, 15) is 14.7 Å². The highest BCUT2D eigenvalue weighted by Gasteiger charge is 2.25. The predicted octanol–water partition coefficient (Wildman–Crippen LogP) is 3.33. The van der Waals surface area contributed by atoms with Gasteiger partial charge in [-0.1, -0.05) is 23.2 Å². The Balaban J connectivity index is 1.61. The van der Waals surface area contributed by atoms with Crippen LogP contribution in [0, 0.1) is 0 Å². The average molecular weight is 491 g/mol. The summed E-state index contributed by atoms with van der Waals surface area (Å²) in [5, 5.41) is 27.1. The molecule has 0 radical (unpaired) electrons. The summed E-state index contributed by atoms with van der Waals surface area (Å²) < 4.78 is 1.38. The third-order valence-corrected chi connectivity index (χ3v) is 5.17. The molecule has 0 aromatic carbocycles. The van der Waals surface area contributed by atoms with Gasteiger partial charge < -0.3 is 20.6 Å². The highest BCUT2D eigenvalue weighted by molar-refractivity contribution is 6.32. The molecule has 1 atom stereocenters. The number of urea groups is 1. The number of carbonyl (C=O) groups excluding carboxylic acids is 1. The molecule has 15 heteroatoms. The molecule has 4 aromatic heterocycles. The van der Waals surface area contributed by atoms with Gasteiger partial charge in [-0.25, -0.2) is 24.1 Å². The quantitative estimate of drug-likeness (QED) is 0.384. The zero-order chi connectivity index (χ0) is 23.7. The number of carboxylic acid groups (broad SMARTS) is 1. The van der Waals surface area contributed by atoms with Crippen molar-refractivity contribution in [3.8, 4) is 5.82 Å². The van der Waals surface area contributed by atoms with Crippen molar-refractivity contribution < 1.29 is 14.7 Å². The van der Waals surface area contributed by atoms with Gasteiger partial charge in [0.2, 0.25) is 0 Å². The summed E-state index contributed by atoms with van der Waals surface area (Å²) in [6.45, 7) is 1.65. The Kier molecular flexibility index (Phi) is 5.98. The van der Waals surface area contributed by atoms with Crippen LogP contribution in [0.4, 0.5) is 21.0 Å². The fourth-order valence-electron chi connectivity index (χ4n) is 3.03. The molecule has 0 saturated heterocycles. The number of aromatic nitrogens is 7. The molecule has 0 bridgehead atoms. The van der Waals surface area contributed by atoms with Crippen molar-refractivity contribution in [3.05, 3.63) is 52.8 Å². The van der Waals surface area contributed by atoms with E-state index in [-0.39, 0.29) is 15.9 Å². The lowest BCUT2D eigenvalue weighted by Gasteiger charge is -2.24. The second-order valence-corrected chi connectivity index (χ2v) is 7.59. The molecular weight excluding hydrogens is 475 g/mol. The maximum absolute atomic E-state index is 12.7. The number of amides is 3. The zero-order valence-corrected chi connectivity index (χ0v) is 18.7. The van der Waals surface area contributed by atoms with Gasteiger partial charge in [-0.15, -0.1) is 4.80 Å². The van der Waals surface area contributed by atoms with Crippen LogP contribution in [0.15, 0.2) is 36.9 Å². The van der Waals surface area contributed by atoms with Gasteiger partial charge in [-0.3, -0.25) is 0 Å². The second-order valence-electron chi connectivity index (χ2n) is 6.79. The number of hydrogen-bond acceptors (Lipinski definition) is 7. The van der Waals surface area contributed by atoms with Crippen molar-refractivity contribution in [1.82, 2.24) is 39.5 Å². The van der Waals surface area contributed by atoms with E-state index in [4.69, 9.17) is 23.2 Å². The summed E-state index contributed by atoms with van der Waals surface area (Å²) in [6.07, 6.45) is 4.59. The summed E-state index contributed by atoms with van der Waals surface area (Å²) in [6, 6.07) is 1.68. The van der Waals surface area contributed by atoms with Gasteiger partial charge >= 0.3 is 12.1 Å². The van der Waals surface area contributed by atoms with Crippen molar-refractivity contribution >= 4 is 52.3 Å². The van der Waals surface area contributed by atoms with E-state index >= 15 is 0 Å². The topological polar surface area (TPSA) is 155 Å². The summed E-state index contributed by atoms with van der Waals surface area (Å²) in [4.78, 5) is 34.9. The lowest BCUT2D eigenvalue weighted by atomic mass is 10.2. The van der Waals surface area contributed by atoms with E-state index in [0.717, 1.165) is 4.90 Å². The van der Waals surface area contributed by atoms with Crippen LogP contribution in [-0.4, -0.2) is 63.8 Å². The highest BCUT2D eigenvalue weighted by atomic mass is 35.5. The maximum atomic E-state index is 12.7. The van der Waals surface area contributed by atoms with Gasteiger partial charge in [0.25, 0.3) is 0 Å². The predicted molar refractivity (Wildman–Crippen MR) is 119 cm³/mol. The van der Waals surface area contributed by atoms with Crippen molar-refractivity contribution in [3.63, 3.8) is 0 Å². The minimum atomic E-state index is -1.16. The van der Waals surface area contributed by atoms with Gasteiger partial charge in [0, 0.05) is 13.1 Å². The van der Waals surface area contributed by atoms with Crippen LogP contribution < -0.4 is 10.6 Å². The molecule has 4 rings (SSSR count). The molecule has 1 unspecified atom stereocenters. The van der Waals surface area contributed by atoms with Crippen molar-refractivity contribution in [2.45, 2.75) is 13.0 Å². The SMILES string of the molecule is CC(c1c(NC(=O)Nc2cnc(-n3nccn3)c(Cl)c2)cnc2cc(Cl)nn12)N(C)C(=O)O. The number of carbonyl (C=O) groups is 2. The molecule has 3 N–H and O–H groups in total. The van der Waals surface area contributed by atoms with Gasteiger partial charge in [0.15, 0.2) is 16.6 Å². The third kappa shape index (κ3) is 4.49. The third-order valence-electron chi connectivity index (χ3n) is 4.71. The van der Waals surface area contributed by atoms with E-state index in [0.29, 0.717) is 22.8 Å². The monoisotopic (exact) mass is 490 g/mol. The van der Waals surface area contributed by atoms with E-state index in [1.54, 1.807) is 6.92 Å². The first kappa shape index (κ1) is 22.2. The Labute approximate surface area is 195 Å². The lowest BCUT2D eigenvalue weighted by molar-refractivity contribution is 0.140. The Morgan fingerprint density at radius 1 is 1.12 bits per heavy atom. The Bertz CT molecular complexity index is 1340. The van der Waals surface area contributed by atoms with Crippen LogP contribution in [-0.2, 0) is 0 Å². The van der Waals surface area contributed by atoms with E-state index in [2.05, 4.69) is 35.9 Å². The molecule has 4 heterocycles. The smallest absolute Gasteiger partial charge is 0.407 e. The first-order chi connectivity index (χ1) is 15.7. The van der Waals surface area contributed by atoms with E-state index in [1.165, 1.54) is 53.3 Å². The second kappa shape index (κ2) is 8.88. The van der Waals surface area contributed by atoms with Gasteiger partial charge in [0.05, 0.1) is 52.9 Å². The Morgan fingerprint density at radius 2 is 1.85 bits per heavy atom. The molecular formula is C18H16Cl2N10O3. The summed E-state index contributed by atoms with van der Waals surface area (Å²) in [7, 11) is 1.40. The number of anilines is 2. The molecule has 0 fully saturated rings. The van der Waals surface area contributed by atoms with E-state index < -0.39 is 18.2 Å². The highest BCUT2D eigenvalue weighted by Crippen LogP contribution is 2.28. The molecule has 0 aliphatic carbocycles. The average Bonchev–Trinajstić information content (AvgIpc) is 3.41. The van der Waals surface area contributed by atoms with Crippen LogP contribution in [0.25, 0.3) is 11.5 Å². The molecule has 0 saturated carbocycles. The fourth-order valence-corrected chi connectivity index (χ4v) is 3.44. The molecule has 33 heavy (non-hydrogen) atoms. The van der Waals surface area contributed by atoms with Crippen molar-refractivity contribution in [2.24, 2.45) is 0 Å². The molecule has 3 amide bonds. The number of rotatable bonds is 5. The lowest BCUT2D eigenvalue weighted by Crippen LogP contribution is -2.31. The maximum Gasteiger partial charge on any atom is 0.407 e. The number of pyridine rings is 1. The standard InChI is InChI=1S/C18H16Cl2N10O3/c1-9(28(2)18(32)33)15-12(8-21-14-6-13(20)27-29(14)15)26-17(31)25-10-5-11(19)16(22-7-10)30-23-3-4-24-30/h3-9H,1-2H3,(H,32,33)(H2,25,26,31). The van der Waals surface area contributed by atoms with Crippen molar-refractivity contribution in [2.75, 3.05) is 17.7 Å². The van der Waals surface area contributed by atoms with Crippen LogP contribution in [0.3, 0.4) is 0 Å². The van der Waals surface area contributed by atoms with Crippen LogP contribution in [0.1, 0.15) is 18.7 Å². The number of nitrogens with one attached hydrogen (secondary N) is 2. The van der Waals surface area contributed by atoms with Crippen LogP contribution >= 0.6 is 23.2 Å². The molecule has 13 nitrogen and oxygen atoms in total. The number of halogens is 2. The number of fused-ring (bicyclic) bond motifs is 1. The minimum absolute atomic E-state index is 0.169. The minimum Gasteiger partial charge on any atom is -0.465 e. The number of hydrogen-bond donors (Lipinski definition) is 3. The first-order valence-electron chi connectivity index (χ1n) is 9.34. The van der Waals surface area contributed by atoms with Gasteiger partial charge in [-0.05, 0) is 13.0 Å². The Hall–Kier alpha value is -3.97. The summed E-state index contributed by atoms with van der Waals surface area (Å²) in [5.41, 5.74) is 1.30. The summed E-state index contributed by atoms with van der Waals surface area (Å²) >= 11 is 12.2. The van der Waals surface area contributed by atoms with E-state index in [1.807, 2.05) is 0 Å². The fraction of sp³-hybridized carbons (Fsp3) is 0.167. The van der Waals surface area contributed by atoms with Crippen LogP contribution in [0.2, 0.25) is 10.2 Å². The molecule has 4 aromatic rings. The zero-order valence-electron chi connectivity index (χ0n) is 17.1. The summed E-state index contributed by atoms with van der Waals surface area (Å²) in [5.74, 6) is 0.297. The van der Waals surface area contributed by atoms with Crippen LogP contribution in [0.5, 0.6) is 0 Å². The van der Waals surface area contributed by atoms with Gasteiger partial charge in [-0.2, -0.15) is 15.3 Å². The molecule has 0 aliphatic heterocycles. The first-order valence-corrected chi connectivity index (χ1v) is 10.1. The van der Waals surface area contributed by atoms with Crippen molar-refractivity contribution in [1.29, 1.82) is 0 Å². The van der Waals surface area contributed by atoms with Gasteiger partial charge in [0.1, 0.15) is 0 Å². The largest absolute Gasteiger partial charge is 0.465 e.